The molecule has 2 N–H and O–H groups in total. The zero-order chi connectivity index (χ0) is 21.0. The normalized spacial score (nSPS) is 20.3. The molecule has 7 nitrogen and oxygen atoms in total. The molecule has 0 unspecified atom stereocenters. The fourth-order valence-electron chi connectivity index (χ4n) is 4.67. The topological polar surface area (TPSA) is 81.3 Å². The van der Waals surface area contributed by atoms with Crippen molar-refractivity contribution >= 4 is 17.8 Å². The summed E-state index contributed by atoms with van der Waals surface area (Å²) in [6.45, 7) is 2.36. The molecule has 30 heavy (non-hydrogen) atoms. The van der Waals surface area contributed by atoms with Crippen LogP contribution in [-0.4, -0.2) is 60.0 Å². The van der Waals surface area contributed by atoms with E-state index < -0.39 is 5.60 Å². The van der Waals surface area contributed by atoms with E-state index in [4.69, 9.17) is 4.42 Å². The van der Waals surface area contributed by atoms with E-state index in [0.717, 1.165) is 25.7 Å². The number of carbonyl (C=O) groups excluding carboxylic acids is 1. The molecule has 1 atom stereocenters. The highest BCUT2D eigenvalue weighted by atomic mass is 16.3. The molecule has 1 aromatic heterocycles. The van der Waals surface area contributed by atoms with Crippen LogP contribution in [0.2, 0.25) is 0 Å². The maximum Gasteiger partial charge on any atom is 0.259 e. The van der Waals surface area contributed by atoms with Gasteiger partial charge in [-0.25, -0.2) is 0 Å². The van der Waals surface area contributed by atoms with Gasteiger partial charge < -0.3 is 19.3 Å². The molecular weight excluding hydrogens is 380 g/mol. The molecule has 1 aromatic carbocycles. The molecule has 1 saturated heterocycles. The lowest BCUT2D eigenvalue weighted by Gasteiger charge is -2.42. The van der Waals surface area contributed by atoms with Crippen LogP contribution in [0.1, 0.15) is 31.2 Å². The predicted molar refractivity (Wildman–Crippen MR) is 116 cm³/mol. The molecule has 2 aromatic rings. The molecule has 2 fully saturated rings. The van der Waals surface area contributed by atoms with Crippen molar-refractivity contribution in [2.24, 2.45) is 10.9 Å². The minimum Gasteiger partial charge on any atom is -0.449 e. The highest BCUT2D eigenvalue weighted by Crippen LogP contribution is 2.42. The van der Waals surface area contributed by atoms with E-state index in [1.54, 1.807) is 13.3 Å². The summed E-state index contributed by atoms with van der Waals surface area (Å²) in [5.74, 6) is 1.15. The average Bonchev–Trinajstić information content (AvgIpc) is 3.52. The second-order valence-corrected chi connectivity index (χ2v) is 8.04. The SMILES string of the molecule is CN=C(Nc1ccco1)N1CCN(C(=O)[C@](O)(c2ccccc2)C2CCCC2)CC1. The first-order chi connectivity index (χ1) is 14.6. The Kier molecular flexibility index (Phi) is 6.08. The van der Waals surface area contributed by atoms with Crippen LogP contribution in [-0.2, 0) is 10.4 Å². The van der Waals surface area contributed by atoms with Gasteiger partial charge in [0.05, 0.1) is 6.26 Å². The van der Waals surface area contributed by atoms with Gasteiger partial charge in [-0.1, -0.05) is 43.2 Å². The molecule has 1 amide bonds. The minimum absolute atomic E-state index is 0.0289. The molecule has 1 aliphatic heterocycles. The van der Waals surface area contributed by atoms with E-state index in [2.05, 4.69) is 15.2 Å². The third kappa shape index (κ3) is 3.94. The number of carbonyl (C=O) groups is 1. The molecular formula is C23H30N4O3. The molecule has 2 aliphatic rings. The second-order valence-electron chi connectivity index (χ2n) is 8.04. The number of nitrogens with one attached hydrogen (secondary N) is 1. The molecule has 0 spiro atoms. The van der Waals surface area contributed by atoms with Crippen LogP contribution in [0.15, 0.2) is 58.1 Å². The fraction of sp³-hybridized carbons (Fsp3) is 0.478. The lowest BCUT2D eigenvalue weighted by Crippen LogP contribution is -2.58. The van der Waals surface area contributed by atoms with Crippen molar-refractivity contribution < 1.29 is 14.3 Å². The Bertz CT molecular complexity index is 854. The zero-order valence-electron chi connectivity index (χ0n) is 17.5. The zero-order valence-corrected chi connectivity index (χ0v) is 17.5. The van der Waals surface area contributed by atoms with Gasteiger partial charge in [0.2, 0.25) is 5.96 Å². The van der Waals surface area contributed by atoms with Gasteiger partial charge in [-0.15, -0.1) is 0 Å². The Hall–Kier alpha value is -2.80. The lowest BCUT2D eigenvalue weighted by atomic mass is 9.79. The number of rotatable bonds is 4. The molecule has 1 saturated carbocycles. The largest absolute Gasteiger partial charge is 0.449 e. The maximum absolute atomic E-state index is 13.6. The number of guanidine groups is 1. The third-order valence-corrected chi connectivity index (χ3v) is 6.32. The van der Waals surface area contributed by atoms with Crippen LogP contribution in [0, 0.1) is 5.92 Å². The first-order valence-electron chi connectivity index (χ1n) is 10.7. The van der Waals surface area contributed by atoms with E-state index in [0.29, 0.717) is 43.6 Å². The van der Waals surface area contributed by atoms with Crippen molar-refractivity contribution in [3.8, 4) is 0 Å². The average molecular weight is 411 g/mol. The summed E-state index contributed by atoms with van der Waals surface area (Å²) in [6, 6.07) is 13.1. The number of aliphatic imine (C=N–C) groups is 1. The van der Waals surface area contributed by atoms with Gasteiger partial charge in [-0.2, -0.15) is 0 Å². The van der Waals surface area contributed by atoms with Gasteiger partial charge in [0.15, 0.2) is 11.5 Å². The van der Waals surface area contributed by atoms with Crippen molar-refractivity contribution in [3.63, 3.8) is 0 Å². The van der Waals surface area contributed by atoms with Crippen LogP contribution >= 0.6 is 0 Å². The summed E-state index contributed by atoms with van der Waals surface area (Å²) in [5, 5.41) is 14.9. The van der Waals surface area contributed by atoms with E-state index >= 15 is 0 Å². The summed E-state index contributed by atoms with van der Waals surface area (Å²) < 4.78 is 5.35. The number of hydrogen-bond donors (Lipinski definition) is 2. The number of nitrogens with zero attached hydrogens (tertiary/aromatic N) is 3. The molecule has 7 heteroatoms. The molecule has 0 bridgehead atoms. The summed E-state index contributed by atoms with van der Waals surface area (Å²) in [5.41, 5.74) is -0.742. The van der Waals surface area contributed by atoms with Crippen LogP contribution < -0.4 is 5.32 Å². The molecule has 160 valence electrons. The number of amides is 1. The van der Waals surface area contributed by atoms with Crippen LogP contribution in [0.3, 0.4) is 0 Å². The predicted octanol–water partition coefficient (Wildman–Crippen LogP) is 2.90. The molecule has 4 rings (SSSR count). The number of anilines is 1. The van der Waals surface area contributed by atoms with E-state index in [1.807, 2.05) is 47.4 Å². The first-order valence-corrected chi connectivity index (χ1v) is 10.7. The lowest BCUT2D eigenvalue weighted by molar-refractivity contribution is -0.160. The number of piperazine rings is 1. The smallest absolute Gasteiger partial charge is 0.259 e. The number of hydrogen-bond acceptors (Lipinski definition) is 4. The van der Waals surface area contributed by atoms with Gasteiger partial charge in [0.1, 0.15) is 0 Å². The number of furan rings is 1. The van der Waals surface area contributed by atoms with Crippen molar-refractivity contribution in [2.45, 2.75) is 31.3 Å². The Balaban J connectivity index is 1.47. The Labute approximate surface area is 177 Å². The standard InChI is InChI=1S/C23H30N4O3/c1-24-22(25-20-12-7-17-30-20)27-15-13-26(14-16-27)21(28)23(29,19-10-5-6-11-19)18-8-3-2-4-9-18/h2-4,7-9,12,17,19,29H,5-6,10-11,13-16H2,1H3,(H,24,25)/t23-/m0/s1. The minimum atomic E-state index is -1.45. The molecule has 0 radical (unpaired) electrons. The maximum atomic E-state index is 13.6. The van der Waals surface area contributed by atoms with Crippen molar-refractivity contribution in [2.75, 3.05) is 38.5 Å². The van der Waals surface area contributed by atoms with Gasteiger partial charge in [-0.05, 0) is 24.5 Å². The Morgan fingerprint density at radius 2 is 1.73 bits per heavy atom. The number of benzene rings is 1. The van der Waals surface area contributed by atoms with Crippen molar-refractivity contribution in [1.29, 1.82) is 0 Å². The highest BCUT2D eigenvalue weighted by molar-refractivity contribution is 5.93. The quantitative estimate of drug-likeness (QED) is 0.598. The monoisotopic (exact) mass is 410 g/mol. The van der Waals surface area contributed by atoms with E-state index in [9.17, 15) is 9.90 Å². The van der Waals surface area contributed by atoms with Gasteiger partial charge >= 0.3 is 0 Å². The summed E-state index contributed by atoms with van der Waals surface area (Å²) in [6.07, 6.45) is 5.51. The van der Waals surface area contributed by atoms with Crippen molar-refractivity contribution in [3.05, 3.63) is 54.3 Å². The van der Waals surface area contributed by atoms with Gasteiger partial charge in [-0.3, -0.25) is 15.1 Å². The summed E-state index contributed by atoms with van der Waals surface area (Å²) >= 11 is 0. The second kappa shape index (κ2) is 8.92. The van der Waals surface area contributed by atoms with Gasteiger partial charge in [0, 0.05) is 45.2 Å². The van der Waals surface area contributed by atoms with Crippen molar-refractivity contribution in [1.82, 2.24) is 9.80 Å². The fourth-order valence-corrected chi connectivity index (χ4v) is 4.67. The Morgan fingerprint density at radius 1 is 1.07 bits per heavy atom. The molecule has 1 aliphatic carbocycles. The third-order valence-electron chi connectivity index (χ3n) is 6.32. The molecule has 2 heterocycles. The van der Waals surface area contributed by atoms with E-state index in [1.165, 1.54) is 0 Å². The first kappa shape index (κ1) is 20.5. The van der Waals surface area contributed by atoms with Crippen LogP contribution in [0.25, 0.3) is 0 Å². The van der Waals surface area contributed by atoms with Crippen LogP contribution in [0.5, 0.6) is 0 Å². The van der Waals surface area contributed by atoms with E-state index in [-0.39, 0.29) is 11.8 Å². The van der Waals surface area contributed by atoms with Gasteiger partial charge in [0.25, 0.3) is 5.91 Å². The van der Waals surface area contributed by atoms with Crippen LogP contribution in [0.4, 0.5) is 5.88 Å². The highest BCUT2D eigenvalue weighted by Gasteiger charge is 2.48. The summed E-state index contributed by atoms with van der Waals surface area (Å²) in [7, 11) is 1.73. The number of aliphatic hydroxyl groups is 1. The summed E-state index contributed by atoms with van der Waals surface area (Å²) in [4.78, 5) is 21.8. The Morgan fingerprint density at radius 3 is 2.33 bits per heavy atom.